The van der Waals surface area contributed by atoms with Crippen LogP contribution in [-0.2, 0) is 0 Å². The molecular formula is C18H38S. The molecule has 116 valence electrons. The lowest BCUT2D eigenvalue weighted by molar-refractivity contribution is 0.212. The van der Waals surface area contributed by atoms with E-state index in [1.54, 1.807) is 0 Å². The van der Waals surface area contributed by atoms with E-state index in [0.29, 0.717) is 10.2 Å². The third-order valence-electron chi connectivity index (χ3n) is 3.94. The van der Waals surface area contributed by atoms with Crippen LogP contribution in [0.4, 0.5) is 0 Å². The molecule has 1 heteroatoms. The molecule has 0 saturated heterocycles. The zero-order valence-electron chi connectivity index (χ0n) is 14.6. The summed E-state index contributed by atoms with van der Waals surface area (Å²) in [5.41, 5.74) is 0.485. The predicted molar refractivity (Wildman–Crippen MR) is 93.1 cm³/mol. The molecule has 0 aromatic heterocycles. The molecule has 0 aliphatic rings. The van der Waals surface area contributed by atoms with Gasteiger partial charge in [0.2, 0.25) is 0 Å². The highest BCUT2D eigenvalue weighted by molar-refractivity contribution is 8.00. The van der Waals surface area contributed by atoms with Crippen molar-refractivity contribution in [2.24, 2.45) is 11.3 Å². The van der Waals surface area contributed by atoms with Crippen LogP contribution < -0.4 is 0 Å². The van der Waals surface area contributed by atoms with Gasteiger partial charge in [0, 0.05) is 4.75 Å². The van der Waals surface area contributed by atoms with Gasteiger partial charge in [0.25, 0.3) is 0 Å². The Hall–Kier alpha value is 0.350. The molecule has 0 heterocycles. The van der Waals surface area contributed by atoms with E-state index in [1.165, 1.54) is 50.7 Å². The quantitative estimate of drug-likeness (QED) is 0.397. The number of rotatable bonds is 11. The smallest absolute Gasteiger partial charge is 0.0108 e. The van der Waals surface area contributed by atoms with Crippen molar-refractivity contribution in [3.8, 4) is 0 Å². The summed E-state index contributed by atoms with van der Waals surface area (Å²) < 4.78 is 0.430. The van der Waals surface area contributed by atoms with E-state index in [1.807, 2.05) is 0 Å². The Morgan fingerprint density at radius 1 is 0.895 bits per heavy atom. The van der Waals surface area contributed by atoms with Gasteiger partial charge in [0.05, 0.1) is 0 Å². The van der Waals surface area contributed by atoms with Gasteiger partial charge in [-0.15, -0.1) is 0 Å². The molecule has 1 atom stereocenters. The van der Waals surface area contributed by atoms with Crippen LogP contribution in [0.5, 0.6) is 0 Å². The first kappa shape index (κ1) is 19.4. The van der Waals surface area contributed by atoms with Crippen molar-refractivity contribution in [3.63, 3.8) is 0 Å². The second kappa shape index (κ2) is 9.32. The van der Waals surface area contributed by atoms with E-state index in [2.05, 4.69) is 60.2 Å². The molecule has 0 nitrogen and oxygen atoms in total. The highest BCUT2D eigenvalue weighted by Gasteiger charge is 2.30. The van der Waals surface area contributed by atoms with Crippen molar-refractivity contribution in [1.82, 2.24) is 0 Å². The van der Waals surface area contributed by atoms with Crippen LogP contribution in [0, 0.1) is 11.3 Å². The Balaban J connectivity index is 4.43. The van der Waals surface area contributed by atoms with Crippen molar-refractivity contribution < 1.29 is 0 Å². The van der Waals surface area contributed by atoms with Gasteiger partial charge in [0.1, 0.15) is 0 Å². The zero-order valence-corrected chi connectivity index (χ0v) is 15.5. The van der Waals surface area contributed by atoms with Crippen molar-refractivity contribution in [1.29, 1.82) is 0 Å². The van der Waals surface area contributed by atoms with E-state index >= 15 is 0 Å². The first-order valence-electron chi connectivity index (χ1n) is 8.40. The van der Waals surface area contributed by atoms with Crippen LogP contribution in [0.15, 0.2) is 0 Å². The van der Waals surface area contributed by atoms with Crippen LogP contribution in [0.2, 0.25) is 0 Å². The Bertz CT molecular complexity index is 218. The largest absolute Gasteiger partial charge is 0.156 e. The molecule has 1 unspecified atom stereocenters. The summed E-state index contributed by atoms with van der Waals surface area (Å²) in [4.78, 5) is 0. The average Bonchev–Trinajstić information content (AvgIpc) is 2.23. The molecule has 0 aliphatic carbocycles. The second-order valence-corrected chi connectivity index (χ2v) is 9.51. The molecule has 0 fully saturated rings. The third kappa shape index (κ3) is 9.82. The summed E-state index contributed by atoms with van der Waals surface area (Å²) in [6.45, 7) is 16.7. The number of hydrogen-bond acceptors (Lipinski definition) is 1. The Morgan fingerprint density at radius 3 is 2.00 bits per heavy atom. The van der Waals surface area contributed by atoms with Crippen molar-refractivity contribution in [2.45, 2.75) is 98.2 Å². The van der Waals surface area contributed by atoms with Gasteiger partial charge in [-0.25, -0.2) is 0 Å². The molecule has 0 bridgehead atoms. The minimum absolute atomic E-state index is 0.430. The van der Waals surface area contributed by atoms with E-state index < -0.39 is 0 Å². The van der Waals surface area contributed by atoms with Gasteiger partial charge in [-0.3, -0.25) is 0 Å². The Morgan fingerprint density at radius 2 is 1.53 bits per heavy atom. The van der Waals surface area contributed by atoms with Crippen molar-refractivity contribution in [3.05, 3.63) is 0 Å². The lowest BCUT2D eigenvalue weighted by Gasteiger charge is -2.37. The van der Waals surface area contributed by atoms with Crippen LogP contribution in [0.1, 0.15) is 93.4 Å². The summed E-state index contributed by atoms with van der Waals surface area (Å²) in [5.74, 6) is 2.18. The molecule has 0 rings (SSSR count). The fourth-order valence-corrected chi connectivity index (χ4v) is 4.97. The summed E-state index contributed by atoms with van der Waals surface area (Å²) in [6, 6.07) is 0. The SMILES string of the molecule is CCCCC(CCC)CC(C)(C)CC(C)(C)SCC. The number of thioether (sulfide) groups is 1. The standard InChI is InChI=1S/C18H38S/c1-8-11-13-16(12-9-2)14-17(4,5)15-18(6,7)19-10-3/h16H,8-15H2,1-7H3. The molecule has 0 radical (unpaired) electrons. The molecule has 0 aliphatic heterocycles. The molecule has 0 amide bonds. The first-order valence-corrected chi connectivity index (χ1v) is 9.39. The molecular weight excluding hydrogens is 248 g/mol. The van der Waals surface area contributed by atoms with E-state index in [-0.39, 0.29) is 0 Å². The van der Waals surface area contributed by atoms with Crippen LogP contribution >= 0.6 is 11.8 Å². The fraction of sp³-hybridized carbons (Fsp3) is 1.00. The molecule has 0 saturated carbocycles. The molecule has 0 aromatic rings. The summed E-state index contributed by atoms with van der Waals surface area (Å²) >= 11 is 2.12. The van der Waals surface area contributed by atoms with E-state index in [9.17, 15) is 0 Å². The molecule has 0 spiro atoms. The predicted octanol–water partition coefficient (Wildman–Crippen LogP) is 6.93. The van der Waals surface area contributed by atoms with E-state index in [0.717, 1.165) is 5.92 Å². The number of unbranched alkanes of at least 4 members (excludes halogenated alkanes) is 1. The molecule has 0 aromatic carbocycles. The number of hydrogen-bond donors (Lipinski definition) is 0. The Labute approximate surface area is 127 Å². The summed E-state index contributed by atoms with van der Waals surface area (Å²) in [7, 11) is 0. The lowest BCUT2D eigenvalue weighted by Crippen LogP contribution is -2.28. The minimum atomic E-state index is 0.430. The van der Waals surface area contributed by atoms with Crippen LogP contribution in [0.25, 0.3) is 0 Å². The van der Waals surface area contributed by atoms with Crippen molar-refractivity contribution >= 4 is 11.8 Å². The highest BCUT2D eigenvalue weighted by Crippen LogP contribution is 2.41. The fourth-order valence-electron chi connectivity index (χ4n) is 3.70. The topological polar surface area (TPSA) is 0 Å². The molecule has 0 N–H and O–H groups in total. The lowest BCUT2D eigenvalue weighted by atomic mass is 9.74. The monoisotopic (exact) mass is 286 g/mol. The van der Waals surface area contributed by atoms with Gasteiger partial charge in [-0.1, -0.05) is 80.6 Å². The minimum Gasteiger partial charge on any atom is -0.156 e. The third-order valence-corrected chi connectivity index (χ3v) is 5.16. The zero-order chi connectivity index (χ0) is 14.9. The summed E-state index contributed by atoms with van der Waals surface area (Å²) in [5, 5.41) is 0. The first-order chi connectivity index (χ1) is 8.76. The van der Waals surface area contributed by atoms with Gasteiger partial charge in [0.15, 0.2) is 0 Å². The van der Waals surface area contributed by atoms with Gasteiger partial charge in [-0.05, 0) is 29.9 Å². The second-order valence-electron chi connectivity index (χ2n) is 7.53. The van der Waals surface area contributed by atoms with Crippen molar-refractivity contribution in [2.75, 3.05) is 5.75 Å². The Kier molecular flexibility index (Phi) is 9.49. The average molecular weight is 287 g/mol. The van der Waals surface area contributed by atoms with E-state index in [4.69, 9.17) is 0 Å². The maximum atomic E-state index is 2.49. The van der Waals surface area contributed by atoms with Crippen LogP contribution in [-0.4, -0.2) is 10.5 Å². The highest BCUT2D eigenvalue weighted by atomic mass is 32.2. The van der Waals surface area contributed by atoms with Gasteiger partial charge in [-0.2, -0.15) is 11.8 Å². The van der Waals surface area contributed by atoms with Gasteiger partial charge < -0.3 is 0 Å². The maximum Gasteiger partial charge on any atom is 0.0108 e. The maximum absolute atomic E-state index is 2.49. The normalized spacial score (nSPS) is 14.7. The van der Waals surface area contributed by atoms with Gasteiger partial charge >= 0.3 is 0 Å². The summed E-state index contributed by atoms with van der Waals surface area (Å²) in [6.07, 6.45) is 9.71. The van der Waals surface area contributed by atoms with Crippen LogP contribution in [0.3, 0.4) is 0 Å². The molecule has 19 heavy (non-hydrogen) atoms.